The molecule has 5 rings (SSSR count). The number of nitrogens with zero attached hydrogens (tertiary/aromatic N) is 2. The van der Waals surface area contributed by atoms with Crippen molar-refractivity contribution in [2.45, 2.75) is 26.0 Å². The zero-order valence-corrected chi connectivity index (χ0v) is 16.9. The van der Waals surface area contributed by atoms with E-state index in [2.05, 4.69) is 0 Å². The smallest absolute Gasteiger partial charge is 0.266 e. The molecule has 0 spiro atoms. The van der Waals surface area contributed by atoms with E-state index in [4.69, 9.17) is 4.84 Å². The molecule has 2 fully saturated rings. The van der Waals surface area contributed by atoms with Gasteiger partial charge in [-0.25, -0.2) is 9.96 Å². The zero-order chi connectivity index (χ0) is 20.8. The van der Waals surface area contributed by atoms with E-state index in [1.54, 1.807) is 11.1 Å². The standard InChI is InChI=1S/C25H22N2O3/c1-16-9-8-13-19(15-16)26-24(28)21-22(20-14-7-6-10-17(20)2)27(30-23(21)25(26)29)18-11-4-3-5-12-18/h3-15,21-23H,1-2H3/t21-,22-,23-/m1/s1. The Morgan fingerprint density at radius 1 is 0.767 bits per heavy atom. The van der Waals surface area contributed by atoms with E-state index in [9.17, 15) is 9.59 Å². The molecule has 30 heavy (non-hydrogen) atoms. The van der Waals surface area contributed by atoms with Gasteiger partial charge in [0, 0.05) is 0 Å². The summed E-state index contributed by atoms with van der Waals surface area (Å²) in [6.45, 7) is 3.96. The summed E-state index contributed by atoms with van der Waals surface area (Å²) in [7, 11) is 0. The molecule has 0 radical (unpaired) electrons. The highest BCUT2D eigenvalue weighted by atomic mass is 16.7. The van der Waals surface area contributed by atoms with Gasteiger partial charge in [0.15, 0.2) is 6.10 Å². The summed E-state index contributed by atoms with van der Waals surface area (Å²) in [6, 6.07) is 24.7. The summed E-state index contributed by atoms with van der Waals surface area (Å²) in [4.78, 5) is 34.3. The number of benzene rings is 3. The molecule has 0 aliphatic carbocycles. The van der Waals surface area contributed by atoms with Crippen molar-refractivity contribution in [1.82, 2.24) is 0 Å². The number of anilines is 2. The Bertz CT molecular complexity index is 1130. The maximum atomic E-state index is 13.6. The fourth-order valence-electron chi connectivity index (χ4n) is 4.47. The van der Waals surface area contributed by atoms with Crippen LogP contribution in [0.15, 0.2) is 78.9 Å². The Balaban J connectivity index is 1.61. The SMILES string of the molecule is Cc1cccc(N2C(=O)[C@@H]3[C@@H](c4ccccc4C)N(c4ccccc4)O[C@H]3C2=O)c1. The topological polar surface area (TPSA) is 49.9 Å². The summed E-state index contributed by atoms with van der Waals surface area (Å²) in [5, 5.41) is 1.74. The normalized spacial score (nSPS) is 23.2. The van der Waals surface area contributed by atoms with Crippen LogP contribution in [0.5, 0.6) is 0 Å². The number of hydrogen-bond donors (Lipinski definition) is 0. The predicted molar refractivity (Wildman–Crippen MR) is 115 cm³/mol. The minimum absolute atomic E-state index is 0.220. The van der Waals surface area contributed by atoms with E-state index in [0.29, 0.717) is 5.69 Å². The largest absolute Gasteiger partial charge is 0.273 e. The van der Waals surface area contributed by atoms with Crippen molar-refractivity contribution in [1.29, 1.82) is 0 Å². The average molecular weight is 398 g/mol. The monoisotopic (exact) mass is 398 g/mol. The molecule has 2 aliphatic heterocycles. The van der Waals surface area contributed by atoms with Gasteiger partial charge in [0.05, 0.1) is 17.4 Å². The van der Waals surface area contributed by atoms with Crippen molar-refractivity contribution >= 4 is 23.2 Å². The number of carbonyl (C=O) groups is 2. The molecule has 0 saturated carbocycles. The Labute approximate surface area is 175 Å². The van der Waals surface area contributed by atoms with E-state index in [1.165, 1.54) is 4.90 Å². The lowest BCUT2D eigenvalue weighted by Gasteiger charge is -2.29. The number of fused-ring (bicyclic) bond motifs is 1. The van der Waals surface area contributed by atoms with Gasteiger partial charge in [0.1, 0.15) is 5.92 Å². The van der Waals surface area contributed by atoms with Crippen molar-refractivity contribution in [2.75, 3.05) is 9.96 Å². The van der Waals surface area contributed by atoms with Crippen LogP contribution in [0, 0.1) is 19.8 Å². The van der Waals surface area contributed by atoms with E-state index < -0.39 is 12.0 Å². The van der Waals surface area contributed by atoms with E-state index in [-0.39, 0.29) is 17.9 Å². The number of rotatable bonds is 3. The molecular weight excluding hydrogens is 376 g/mol. The summed E-state index contributed by atoms with van der Waals surface area (Å²) in [6.07, 6.45) is -0.845. The average Bonchev–Trinajstić information content (AvgIpc) is 3.25. The minimum atomic E-state index is -0.845. The third kappa shape index (κ3) is 2.82. The van der Waals surface area contributed by atoms with Crippen LogP contribution >= 0.6 is 0 Å². The number of para-hydroxylation sites is 1. The Kier molecular flexibility index (Phi) is 4.40. The zero-order valence-electron chi connectivity index (χ0n) is 16.9. The van der Waals surface area contributed by atoms with Crippen molar-refractivity contribution in [3.8, 4) is 0 Å². The van der Waals surface area contributed by atoms with Gasteiger partial charge in [-0.1, -0.05) is 54.6 Å². The van der Waals surface area contributed by atoms with E-state index in [0.717, 1.165) is 22.4 Å². The Morgan fingerprint density at radius 3 is 2.20 bits per heavy atom. The lowest BCUT2D eigenvalue weighted by atomic mass is 9.88. The number of carbonyl (C=O) groups excluding carboxylic acids is 2. The molecule has 3 aromatic rings. The number of hydrogen-bond acceptors (Lipinski definition) is 4. The second kappa shape index (κ2) is 7.11. The van der Waals surface area contributed by atoms with Gasteiger partial charge in [0.25, 0.3) is 5.91 Å². The maximum Gasteiger partial charge on any atom is 0.266 e. The first kappa shape index (κ1) is 18.6. The van der Waals surface area contributed by atoms with Crippen molar-refractivity contribution in [3.05, 3.63) is 95.6 Å². The number of imide groups is 1. The second-order valence-corrected chi connectivity index (χ2v) is 7.87. The van der Waals surface area contributed by atoms with Crippen LogP contribution in [-0.4, -0.2) is 17.9 Å². The molecule has 2 aliphatic rings. The van der Waals surface area contributed by atoms with Crippen LogP contribution in [0.2, 0.25) is 0 Å². The highest BCUT2D eigenvalue weighted by molar-refractivity contribution is 6.24. The molecule has 3 aromatic carbocycles. The van der Waals surface area contributed by atoms with Crippen LogP contribution in [0.3, 0.4) is 0 Å². The Morgan fingerprint density at radius 2 is 1.47 bits per heavy atom. The molecule has 0 N–H and O–H groups in total. The second-order valence-electron chi connectivity index (χ2n) is 7.87. The third-order valence-electron chi connectivity index (χ3n) is 5.89. The van der Waals surface area contributed by atoms with Crippen LogP contribution in [0.1, 0.15) is 22.7 Å². The fraction of sp³-hybridized carbons (Fsp3) is 0.200. The van der Waals surface area contributed by atoms with Crippen molar-refractivity contribution < 1.29 is 14.4 Å². The number of amides is 2. The summed E-state index contributed by atoms with van der Waals surface area (Å²) in [5.74, 6) is -1.14. The molecule has 2 saturated heterocycles. The summed E-state index contributed by atoms with van der Waals surface area (Å²) in [5.41, 5.74) is 4.45. The molecule has 0 unspecified atom stereocenters. The van der Waals surface area contributed by atoms with E-state index >= 15 is 0 Å². The third-order valence-corrected chi connectivity index (χ3v) is 5.89. The molecule has 3 atom stereocenters. The first-order valence-corrected chi connectivity index (χ1v) is 10.1. The first-order chi connectivity index (χ1) is 14.6. The van der Waals surface area contributed by atoms with Crippen LogP contribution < -0.4 is 9.96 Å². The Hall–Kier alpha value is -3.44. The molecule has 0 bridgehead atoms. The molecule has 2 heterocycles. The maximum absolute atomic E-state index is 13.6. The first-order valence-electron chi connectivity index (χ1n) is 10.1. The van der Waals surface area contributed by atoms with Gasteiger partial charge in [-0.15, -0.1) is 0 Å². The summed E-state index contributed by atoms with van der Waals surface area (Å²) < 4.78 is 0. The lowest BCUT2D eigenvalue weighted by molar-refractivity contribution is -0.126. The predicted octanol–water partition coefficient (Wildman–Crippen LogP) is 4.35. The van der Waals surface area contributed by atoms with Gasteiger partial charge < -0.3 is 0 Å². The molecule has 0 aromatic heterocycles. The highest BCUT2D eigenvalue weighted by Crippen LogP contribution is 2.48. The fourth-order valence-corrected chi connectivity index (χ4v) is 4.47. The number of aryl methyl sites for hydroxylation is 2. The molecule has 5 heteroatoms. The van der Waals surface area contributed by atoms with Gasteiger partial charge in [0.2, 0.25) is 5.91 Å². The van der Waals surface area contributed by atoms with Crippen LogP contribution in [0.25, 0.3) is 0 Å². The van der Waals surface area contributed by atoms with Gasteiger partial charge in [-0.3, -0.25) is 14.4 Å². The van der Waals surface area contributed by atoms with Crippen LogP contribution in [0.4, 0.5) is 11.4 Å². The summed E-state index contributed by atoms with van der Waals surface area (Å²) >= 11 is 0. The molecule has 150 valence electrons. The van der Waals surface area contributed by atoms with Gasteiger partial charge in [-0.05, 0) is 54.8 Å². The van der Waals surface area contributed by atoms with Crippen molar-refractivity contribution in [3.63, 3.8) is 0 Å². The van der Waals surface area contributed by atoms with E-state index in [1.807, 2.05) is 86.6 Å². The molecular formula is C25H22N2O3. The molecule has 2 amide bonds. The van der Waals surface area contributed by atoms with Gasteiger partial charge in [-0.2, -0.15) is 0 Å². The van der Waals surface area contributed by atoms with Crippen molar-refractivity contribution in [2.24, 2.45) is 5.92 Å². The van der Waals surface area contributed by atoms with Crippen LogP contribution in [-0.2, 0) is 14.4 Å². The lowest BCUT2D eigenvalue weighted by Crippen LogP contribution is -2.37. The quantitative estimate of drug-likeness (QED) is 0.616. The minimum Gasteiger partial charge on any atom is -0.273 e. The highest BCUT2D eigenvalue weighted by Gasteiger charge is 2.60. The van der Waals surface area contributed by atoms with Gasteiger partial charge >= 0.3 is 0 Å². The molecule has 5 nitrogen and oxygen atoms in total. The number of hydroxylamine groups is 1.